The number of aryl methyl sites for hydroxylation is 2. The fraction of sp³-hybridized carbons (Fsp3) is 0.389. The van der Waals surface area contributed by atoms with E-state index in [1.54, 1.807) is 0 Å². The van der Waals surface area contributed by atoms with Gasteiger partial charge in [0.05, 0.1) is 0 Å². The van der Waals surface area contributed by atoms with Gasteiger partial charge in [-0.25, -0.2) is 0 Å². The van der Waals surface area contributed by atoms with Crippen LogP contribution >= 0.6 is 0 Å². The second kappa shape index (κ2) is 7.20. The number of benzene rings is 1. The minimum absolute atomic E-state index is 0.337. The molecule has 1 heterocycles. The standard InChI is InChI=1S/C18H24N2/c1-4-9-20-18(16-6-5-10-19-13-16)12-17-11-14(2)7-8-15(17)3/h5-8,10-11,13,18,20H,4,9,12H2,1-3H3. The second-order valence-corrected chi connectivity index (χ2v) is 5.43. The molecule has 0 saturated heterocycles. The molecule has 1 aromatic heterocycles. The maximum atomic E-state index is 4.26. The maximum absolute atomic E-state index is 4.26. The van der Waals surface area contributed by atoms with Crippen molar-refractivity contribution in [3.8, 4) is 0 Å². The predicted octanol–water partition coefficient (Wildman–Crippen LogP) is 3.98. The Balaban J connectivity index is 2.21. The fourth-order valence-corrected chi connectivity index (χ4v) is 2.45. The van der Waals surface area contributed by atoms with Crippen LogP contribution < -0.4 is 5.32 Å². The van der Waals surface area contributed by atoms with Gasteiger partial charge in [-0.3, -0.25) is 4.98 Å². The van der Waals surface area contributed by atoms with Crippen LogP contribution in [-0.4, -0.2) is 11.5 Å². The molecule has 2 aromatic rings. The first-order valence-electron chi connectivity index (χ1n) is 7.40. The molecule has 2 nitrogen and oxygen atoms in total. The Morgan fingerprint density at radius 1 is 1.20 bits per heavy atom. The van der Waals surface area contributed by atoms with E-state index in [0.717, 1.165) is 19.4 Å². The summed E-state index contributed by atoms with van der Waals surface area (Å²) in [5.41, 5.74) is 5.37. The maximum Gasteiger partial charge on any atom is 0.0376 e. The van der Waals surface area contributed by atoms with Crippen LogP contribution in [0.1, 0.15) is 41.6 Å². The van der Waals surface area contributed by atoms with Crippen molar-refractivity contribution in [2.24, 2.45) is 0 Å². The zero-order valence-electron chi connectivity index (χ0n) is 12.7. The zero-order valence-corrected chi connectivity index (χ0v) is 12.7. The van der Waals surface area contributed by atoms with Gasteiger partial charge in [0.15, 0.2) is 0 Å². The lowest BCUT2D eigenvalue weighted by molar-refractivity contribution is 0.527. The number of rotatable bonds is 6. The number of pyridine rings is 1. The quantitative estimate of drug-likeness (QED) is 0.857. The summed E-state index contributed by atoms with van der Waals surface area (Å²) in [6, 6.07) is 11.2. The normalized spacial score (nSPS) is 12.3. The van der Waals surface area contributed by atoms with Crippen molar-refractivity contribution < 1.29 is 0 Å². The lowest BCUT2D eigenvalue weighted by atomic mass is 9.95. The third kappa shape index (κ3) is 3.91. The van der Waals surface area contributed by atoms with E-state index in [4.69, 9.17) is 0 Å². The van der Waals surface area contributed by atoms with Gasteiger partial charge in [0.25, 0.3) is 0 Å². The lowest BCUT2D eigenvalue weighted by Gasteiger charge is -2.20. The third-order valence-corrected chi connectivity index (χ3v) is 3.66. The van der Waals surface area contributed by atoms with Crippen LogP contribution in [0.4, 0.5) is 0 Å². The van der Waals surface area contributed by atoms with Crippen LogP contribution in [0.5, 0.6) is 0 Å². The van der Waals surface area contributed by atoms with Gasteiger partial charge in [-0.2, -0.15) is 0 Å². The number of hydrogen-bond donors (Lipinski definition) is 1. The predicted molar refractivity (Wildman–Crippen MR) is 84.9 cm³/mol. The average Bonchev–Trinajstić information content (AvgIpc) is 2.48. The molecule has 1 atom stereocenters. The SMILES string of the molecule is CCCNC(Cc1cc(C)ccc1C)c1cccnc1. The Kier molecular flexibility index (Phi) is 5.31. The van der Waals surface area contributed by atoms with E-state index < -0.39 is 0 Å². The highest BCUT2D eigenvalue weighted by Crippen LogP contribution is 2.21. The largest absolute Gasteiger partial charge is 0.310 e. The Morgan fingerprint density at radius 3 is 2.75 bits per heavy atom. The molecule has 0 fully saturated rings. The van der Waals surface area contributed by atoms with E-state index in [-0.39, 0.29) is 0 Å². The van der Waals surface area contributed by atoms with E-state index in [2.05, 4.69) is 55.3 Å². The molecule has 1 N–H and O–H groups in total. The smallest absolute Gasteiger partial charge is 0.0376 e. The monoisotopic (exact) mass is 268 g/mol. The van der Waals surface area contributed by atoms with Crippen molar-refractivity contribution in [3.05, 3.63) is 65.0 Å². The molecule has 1 unspecified atom stereocenters. The van der Waals surface area contributed by atoms with Crippen LogP contribution in [-0.2, 0) is 6.42 Å². The van der Waals surface area contributed by atoms with E-state index >= 15 is 0 Å². The highest BCUT2D eigenvalue weighted by molar-refractivity contribution is 5.32. The topological polar surface area (TPSA) is 24.9 Å². The van der Waals surface area contributed by atoms with Gasteiger partial charge in [-0.1, -0.05) is 36.8 Å². The molecule has 2 heteroatoms. The molecule has 20 heavy (non-hydrogen) atoms. The summed E-state index contributed by atoms with van der Waals surface area (Å²) >= 11 is 0. The molecule has 0 radical (unpaired) electrons. The van der Waals surface area contributed by atoms with E-state index in [0.29, 0.717) is 6.04 Å². The molecular weight excluding hydrogens is 244 g/mol. The first-order chi connectivity index (χ1) is 9.70. The first-order valence-corrected chi connectivity index (χ1v) is 7.40. The van der Waals surface area contributed by atoms with Crippen LogP contribution in [0, 0.1) is 13.8 Å². The molecule has 0 spiro atoms. The van der Waals surface area contributed by atoms with E-state index in [1.165, 1.54) is 22.3 Å². The molecule has 0 aliphatic carbocycles. The average molecular weight is 268 g/mol. The molecule has 1 aromatic carbocycles. The van der Waals surface area contributed by atoms with Gasteiger partial charge in [0, 0.05) is 18.4 Å². The van der Waals surface area contributed by atoms with Crippen molar-refractivity contribution in [1.29, 1.82) is 0 Å². The lowest BCUT2D eigenvalue weighted by Crippen LogP contribution is -2.24. The highest BCUT2D eigenvalue weighted by atomic mass is 14.9. The van der Waals surface area contributed by atoms with Crippen LogP contribution in [0.2, 0.25) is 0 Å². The molecule has 106 valence electrons. The van der Waals surface area contributed by atoms with E-state index in [1.807, 2.05) is 18.5 Å². The van der Waals surface area contributed by atoms with Crippen LogP contribution in [0.15, 0.2) is 42.7 Å². The Bertz CT molecular complexity index is 534. The van der Waals surface area contributed by atoms with Gasteiger partial charge in [-0.05, 0) is 56.0 Å². The second-order valence-electron chi connectivity index (χ2n) is 5.43. The molecule has 0 saturated carbocycles. The minimum atomic E-state index is 0.337. The molecule has 0 bridgehead atoms. The summed E-state index contributed by atoms with van der Waals surface area (Å²) < 4.78 is 0. The van der Waals surface area contributed by atoms with Crippen molar-refractivity contribution >= 4 is 0 Å². The molecule has 0 aliphatic heterocycles. The highest BCUT2D eigenvalue weighted by Gasteiger charge is 2.13. The van der Waals surface area contributed by atoms with Crippen molar-refractivity contribution in [1.82, 2.24) is 10.3 Å². The van der Waals surface area contributed by atoms with Crippen molar-refractivity contribution in [2.75, 3.05) is 6.54 Å². The van der Waals surface area contributed by atoms with Gasteiger partial charge < -0.3 is 5.32 Å². The summed E-state index contributed by atoms with van der Waals surface area (Å²) in [6.07, 6.45) is 5.96. The van der Waals surface area contributed by atoms with Gasteiger partial charge in [0.2, 0.25) is 0 Å². The van der Waals surface area contributed by atoms with Crippen molar-refractivity contribution in [3.63, 3.8) is 0 Å². The van der Waals surface area contributed by atoms with E-state index in [9.17, 15) is 0 Å². The van der Waals surface area contributed by atoms with Gasteiger partial charge in [0.1, 0.15) is 0 Å². The minimum Gasteiger partial charge on any atom is -0.310 e. The Morgan fingerprint density at radius 2 is 2.05 bits per heavy atom. The summed E-state index contributed by atoms with van der Waals surface area (Å²) in [5.74, 6) is 0. The summed E-state index contributed by atoms with van der Waals surface area (Å²) in [5, 5.41) is 3.64. The molecule has 0 amide bonds. The molecule has 0 aliphatic rings. The first kappa shape index (κ1) is 14.7. The fourth-order valence-electron chi connectivity index (χ4n) is 2.45. The van der Waals surface area contributed by atoms with Gasteiger partial charge in [-0.15, -0.1) is 0 Å². The Hall–Kier alpha value is -1.67. The Labute approximate surface area is 122 Å². The van der Waals surface area contributed by atoms with Crippen molar-refractivity contribution in [2.45, 2.75) is 39.7 Å². The van der Waals surface area contributed by atoms with Crippen LogP contribution in [0.25, 0.3) is 0 Å². The number of nitrogens with zero attached hydrogens (tertiary/aromatic N) is 1. The number of nitrogens with one attached hydrogen (secondary N) is 1. The summed E-state index contributed by atoms with van der Waals surface area (Å²) in [7, 11) is 0. The summed E-state index contributed by atoms with van der Waals surface area (Å²) in [6.45, 7) is 7.58. The third-order valence-electron chi connectivity index (χ3n) is 3.66. The molecule has 2 rings (SSSR count). The van der Waals surface area contributed by atoms with Crippen LogP contribution in [0.3, 0.4) is 0 Å². The molecular formula is C18H24N2. The summed E-state index contributed by atoms with van der Waals surface area (Å²) in [4.78, 5) is 4.26. The zero-order chi connectivity index (χ0) is 14.4. The number of hydrogen-bond acceptors (Lipinski definition) is 2. The van der Waals surface area contributed by atoms with Gasteiger partial charge >= 0.3 is 0 Å². The number of aromatic nitrogens is 1.